The van der Waals surface area contributed by atoms with E-state index < -0.39 is 33.9 Å². The average molecular weight is 344 g/mol. The van der Waals surface area contributed by atoms with Crippen molar-refractivity contribution in [3.05, 3.63) is 24.0 Å². The lowest BCUT2D eigenvalue weighted by molar-refractivity contribution is -0.128. The van der Waals surface area contributed by atoms with Crippen LogP contribution in [0.15, 0.2) is 23.1 Å². The van der Waals surface area contributed by atoms with E-state index in [9.17, 15) is 22.4 Å². The minimum atomic E-state index is -3.90. The molecule has 2 amide bonds. The first kappa shape index (κ1) is 15.7. The van der Waals surface area contributed by atoms with Crippen LogP contribution in [0.25, 0.3) is 0 Å². The molecular formula is C13H13FN2O6S. The van der Waals surface area contributed by atoms with Crippen LogP contribution >= 0.6 is 0 Å². The molecule has 8 nitrogen and oxygen atoms in total. The van der Waals surface area contributed by atoms with E-state index in [0.717, 1.165) is 15.3 Å². The molecule has 0 bridgehead atoms. The summed E-state index contributed by atoms with van der Waals surface area (Å²) in [5, 5.41) is 0. The summed E-state index contributed by atoms with van der Waals surface area (Å²) in [5.74, 6) is -1.34. The second-order valence-corrected chi connectivity index (χ2v) is 7.03. The molecule has 23 heavy (non-hydrogen) atoms. The first-order valence-corrected chi connectivity index (χ1v) is 8.11. The van der Waals surface area contributed by atoms with Gasteiger partial charge in [-0.2, -0.15) is 4.31 Å². The first-order chi connectivity index (χ1) is 10.8. The predicted octanol–water partition coefficient (Wildman–Crippen LogP) is 0.186. The van der Waals surface area contributed by atoms with E-state index in [1.807, 2.05) is 0 Å². The lowest BCUT2D eigenvalue weighted by Gasteiger charge is -2.40. The molecule has 2 heterocycles. The zero-order chi connectivity index (χ0) is 16.8. The van der Waals surface area contributed by atoms with Crippen molar-refractivity contribution in [1.82, 2.24) is 9.21 Å². The molecule has 2 aliphatic heterocycles. The molecule has 0 radical (unpaired) electrons. The van der Waals surface area contributed by atoms with Crippen molar-refractivity contribution in [2.24, 2.45) is 0 Å². The molecule has 1 aromatic rings. The fourth-order valence-electron chi connectivity index (χ4n) is 2.45. The van der Waals surface area contributed by atoms with E-state index >= 15 is 0 Å². The van der Waals surface area contributed by atoms with E-state index in [2.05, 4.69) is 4.74 Å². The number of cyclic esters (lactones) is 1. The Morgan fingerprint density at radius 1 is 1.30 bits per heavy atom. The minimum absolute atomic E-state index is 0.0448. The quantitative estimate of drug-likeness (QED) is 0.774. The Morgan fingerprint density at radius 3 is 2.52 bits per heavy atom. The van der Waals surface area contributed by atoms with Gasteiger partial charge in [0.1, 0.15) is 0 Å². The molecule has 2 fully saturated rings. The number of carbonyl (C=O) groups is 2. The van der Waals surface area contributed by atoms with Gasteiger partial charge in [0.25, 0.3) is 5.91 Å². The van der Waals surface area contributed by atoms with Gasteiger partial charge in [0.2, 0.25) is 10.0 Å². The van der Waals surface area contributed by atoms with E-state index in [0.29, 0.717) is 0 Å². The maximum absolute atomic E-state index is 13.7. The third-order valence-electron chi connectivity index (χ3n) is 3.74. The SMILES string of the molecule is COc1ccc(S(=O)(=O)N2CC(N3C(=O)COC3=O)C2)cc1F. The maximum Gasteiger partial charge on any atom is 0.417 e. The standard InChI is InChI=1S/C13H13FN2O6S/c1-21-11-3-2-9(4-10(11)14)23(19,20)15-5-8(6-15)16-12(17)7-22-13(16)18/h2-4,8H,5-7H2,1H3. The molecule has 0 spiro atoms. The van der Waals surface area contributed by atoms with E-state index in [1.165, 1.54) is 19.2 Å². The predicted molar refractivity (Wildman–Crippen MR) is 73.7 cm³/mol. The van der Waals surface area contributed by atoms with Crippen LogP contribution in [-0.4, -0.2) is 62.5 Å². The zero-order valence-corrected chi connectivity index (χ0v) is 12.9. The Bertz CT molecular complexity index is 759. The number of methoxy groups -OCH3 is 1. The summed E-state index contributed by atoms with van der Waals surface area (Å²) < 4.78 is 48.8. The van der Waals surface area contributed by atoms with Crippen LogP contribution in [-0.2, 0) is 19.6 Å². The Labute approximate surface area is 131 Å². The largest absolute Gasteiger partial charge is 0.494 e. The molecule has 2 aliphatic rings. The summed E-state index contributed by atoms with van der Waals surface area (Å²) in [6.07, 6.45) is -0.771. The van der Waals surface area contributed by atoms with Gasteiger partial charge in [-0.1, -0.05) is 0 Å². The molecule has 0 N–H and O–H groups in total. The van der Waals surface area contributed by atoms with Gasteiger partial charge in [0.05, 0.1) is 18.0 Å². The van der Waals surface area contributed by atoms with Gasteiger partial charge in [-0.3, -0.25) is 4.79 Å². The van der Waals surface area contributed by atoms with Crippen LogP contribution in [0.5, 0.6) is 5.75 Å². The number of hydrogen-bond acceptors (Lipinski definition) is 6. The molecule has 0 atom stereocenters. The van der Waals surface area contributed by atoms with Crippen molar-refractivity contribution in [3.63, 3.8) is 0 Å². The van der Waals surface area contributed by atoms with Crippen molar-refractivity contribution in [3.8, 4) is 5.75 Å². The average Bonchev–Trinajstić information content (AvgIpc) is 2.77. The number of sulfonamides is 1. The number of halogens is 1. The first-order valence-electron chi connectivity index (χ1n) is 6.67. The summed E-state index contributed by atoms with van der Waals surface area (Å²) in [7, 11) is -2.62. The lowest BCUT2D eigenvalue weighted by atomic mass is 10.1. The second kappa shape index (κ2) is 5.46. The van der Waals surface area contributed by atoms with Crippen molar-refractivity contribution in [2.75, 3.05) is 26.8 Å². The zero-order valence-electron chi connectivity index (χ0n) is 12.1. The number of carbonyl (C=O) groups excluding carboxylic acids is 2. The molecule has 3 rings (SSSR count). The Kier molecular flexibility index (Phi) is 3.72. The normalized spacial score (nSPS) is 19.7. The van der Waals surface area contributed by atoms with Crippen molar-refractivity contribution >= 4 is 22.0 Å². The van der Waals surface area contributed by atoms with Gasteiger partial charge in [0, 0.05) is 13.1 Å². The Hall–Kier alpha value is -2.20. The van der Waals surface area contributed by atoms with Gasteiger partial charge in [-0.25, -0.2) is 22.5 Å². The molecule has 2 saturated heterocycles. The van der Waals surface area contributed by atoms with Gasteiger partial charge >= 0.3 is 6.09 Å². The van der Waals surface area contributed by atoms with Crippen LogP contribution in [0.1, 0.15) is 0 Å². The Balaban J connectivity index is 1.74. The summed E-state index contributed by atoms with van der Waals surface area (Å²) in [6.45, 7) is -0.417. The highest BCUT2D eigenvalue weighted by molar-refractivity contribution is 7.89. The van der Waals surface area contributed by atoms with Gasteiger partial charge in [-0.05, 0) is 18.2 Å². The minimum Gasteiger partial charge on any atom is -0.494 e. The third kappa shape index (κ3) is 2.53. The smallest absolute Gasteiger partial charge is 0.417 e. The summed E-state index contributed by atoms with van der Waals surface area (Å²) >= 11 is 0. The number of nitrogens with zero attached hydrogens (tertiary/aromatic N) is 2. The van der Waals surface area contributed by atoms with Crippen LogP contribution in [0, 0.1) is 5.82 Å². The molecule has 0 saturated carbocycles. The van der Waals surface area contributed by atoms with Crippen LogP contribution < -0.4 is 4.74 Å². The number of imide groups is 1. The highest BCUT2D eigenvalue weighted by Crippen LogP contribution is 2.28. The van der Waals surface area contributed by atoms with Crippen molar-refractivity contribution < 1.29 is 31.9 Å². The summed E-state index contributed by atoms with van der Waals surface area (Å²) in [4.78, 5) is 23.6. The third-order valence-corrected chi connectivity index (χ3v) is 5.57. The molecule has 0 unspecified atom stereocenters. The highest BCUT2D eigenvalue weighted by atomic mass is 32.2. The molecule has 1 aromatic carbocycles. The van der Waals surface area contributed by atoms with Crippen LogP contribution in [0.4, 0.5) is 9.18 Å². The van der Waals surface area contributed by atoms with Crippen LogP contribution in [0.2, 0.25) is 0 Å². The topological polar surface area (TPSA) is 93.2 Å². The number of benzene rings is 1. The van der Waals surface area contributed by atoms with Crippen LogP contribution in [0.3, 0.4) is 0 Å². The second-order valence-electron chi connectivity index (χ2n) is 5.09. The number of amides is 2. The summed E-state index contributed by atoms with van der Waals surface area (Å²) in [5.41, 5.74) is 0. The highest BCUT2D eigenvalue weighted by Gasteiger charge is 2.46. The van der Waals surface area contributed by atoms with Crippen molar-refractivity contribution in [1.29, 1.82) is 0 Å². The van der Waals surface area contributed by atoms with Crippen molar-refractivity contribution in [2.45, 2.75) is 10.9 Å². The fraction of sp³-hybridized carbons (Fsp3) is 0.385. The van der Waals surface area contributed by atoms with E-state index in [-0.39, 0.29) is 30.3 Å². The number of rotatable bonds is 4. The molecular weight excluding hydrogens is 331 g/mol. The van der Waals surface area contributed by atoms with Gasteiger partial charge in [-0.15, -0.1) is 0 Å². The van der Waals surface area contributed by atoms with Gasteiger partial charge < -0.3 is 9.47 Å². The molecule has 124 valence electrons. The van der Waals surface area contributed by atoms with E-state index in [1.54, 1.807) is 0 Å². The monoisotopic (exact) mass is 344 g/mol. The molecule has 0 aromatic heterocycles. The molecule has 0 aliphatic carbocycles. The van der Waals surface area contributed by atoms with E-state index in [4.69, 9.17) is 4.74 Å². The fourth-order valence-corrected chi connectivity index (χ4v) is 3.98. The maximum atomic E-state index is 13.7. The number of ether oxygens (including phenoxy) is 2. The lowest BCUT2D eigenvalue weighted by Crippen LogP contribution is -2.62. The Morgan fingerprint density at radius 2 is 2.00 bits per heavy atom. The molecule has 10 heteroatoms. The number of hydrogen-bond donors (Lipinski definition) is 0. The van der Waals surface area contributed by atoms with Gasteiger partial charge in [0.15, 0.2) is 18.2 Å². The summed E-state index contributed by atoms with van der Waals surface area (Å²) in [6, 6.07) is 2.77.